The van der Waals surface area contributed by atoms with Crippen molar-refractivity contribution in [3.8, 4) is 16.9 Å². The molecular weight excluding hydrogens is 439 g/mol. The number of hydrogen-bond acceptors (Lipinski definition) is 7. The summed E-state index contributed by atoms with van der Waals surface area (Å²) in [5, 5.41) is 0. The van der Waals surface area contributed by atoms with Crippen molar-refractivity contribution in [2.75, 3.05) is 7.05 Å². The second kappa shape index (κ2) is 8.01. The quantitative estimate of drug-likeness (QED) is 0.478. The van der Waals surface area contributed by atoms with Crippen LogP contribution in [-0.2, 0) is 15.1 Å². The summed E-state index contributed by atoms with van der Waals surface area (Å²) < 4.78 is 44.4. The number of aromatic nitrogens is 2. The van der Waals surface area contributed by atoms with E-state index in [0.29, 0.717) is 5.56 Å². The molecule has 0 fully saturated rings. The maximum absolute atomic E-state index is 13.5. The molecule has 0 bridgehead atoms. The number of halogens is 3. The molecule has 3 aromatic rings. The number of hydrogen-bond donors (Lipinski definition) is 1. The van der Waals surface area contributed by atoms with E-state index in [2.05, 4.69) is 15.0 Å². The van der Waals surface area contributed by atoms with Gasteiger partial charge in [-0.1, -0.05) is 48.5 Å². The number of amides is 1. The van der Waals surface area contributed by atoms with E-state index in [1.807, 2.05) is 0 Å². The van der Waals surface area contributed by atoms with E-state index in [0.717, 1.165) is 4.90 Å². The van der Waals surface area contributed by atoms with Crippen LogP contribution in [0, 0.1) is 0 Å². The molecule has 4 rings (SSSR count). The number of nitrogens with zero attached hydrogens (tertiary/aromatic N) is 4. The van der Waals surface area contributed by atoms with Crippen LogP contribution in [0.2, 0.25) is 0 Å². The Morgan fingerprint density at radius 3 is 2.30 bits per heavy atom. The van der Waals surface area contributed by atoms with E-state index < -0.39 is 29.3 Å². The normalized spacial score (nSPS) is 18.2. The lowest BCUT2D eigenvalue weighted by molar-refractivity contribution is -0.189. The molecule has 0 saturated carbocycles. The molecule has 1 unspecified atom stereocenters. The van der Waals surface area contributed by atoms with Crippen LogP contribution in [0.15, 0.2) is 72.2 Å². The first kappa shape index (κ1) is 21.9. The highest BCUT2D eigenvalue weighted by Crippen LogP contribution is 2.47. The zero-order valence-electron chi connectivity index (χ0n) is 17.1. The number of carbonyl (C=O) groups is 2. The van der Waals surface area contributed by atoms with Crippen LogP contribution in [0.3, 0.4) is 0 Å². The van der Waals surface area contributed by atoms with Crippen molar-refractivity contribution in [3.05, 3.63) is 78.4 Å². The van der Waals surface area contributed by atoms with Crippen LogP contribution in [0.4, 0.5) is 13.2 Å². The average Bonchev–Trinajstić information content (AvgIpc) is 3.04. The first-order valence-electron chi connectivity index (χ1n) is 9.53. The summed E-state index contributed by atoms with van der Waals surface area (Å²) in [6.07, 6.45) is -1.37. The van der Waals surface area contributed by atoms with Crippen LogP contribution in [0.25, 0.3) is 11.1 Å². The van der Waals surface area contributed by atoms with Gasteiger partial charge in [-0.2, -0.15) is 13.2 Å². The highest BCUT2D eigenvalue weighted by molar-refractivity contribution is 6.09. The van der Waals surface area contributed by atoms with Gasteiger partial charge in [0.15, 0.2) is 11.5 Å². The fourth-order valence-corrected chi connectivity index (χ4v) is 3.59. The number of nitrogens with two attached hydrogens (primary N) is 1. The Morgan fingerprint density at radius 2 is 1.73 bits per heavy atom. The van der Waals surface area contributed by atoms with Crippen LogP contribution in [0.5, 0.6) is 5.75 Å². The van der Waals surface area contributed by atoms with Gasteiger partial charge < -0.3 is 10.5 Å². The highest BCUT2D eigenvalue weighted by Gasteiger charge is 2.52. The molecule has 33 heavy (non-hydrogen) atoms. The largest absolute Gasteiger partial charge is 0.491 e. The van der Waals surface area contributed by atoms with Crippen molar-refractivity contribution in [2.24, 2.45) is 10.7 Å². The zero-order valence-corrected chi connectivity index (χ0v) is 17.1. The molecule has 1 aromatic heterocycles. The van der Waals surface area contributed by atoms with Crippen molar-refractivity contribution in [2.45, 2.75) is 11.7 Å². The van der Waals surface area contributed by atoms with Crippen LogP contribution in [0.1, 0.15) is 11.1 Å². The van der Waals surface area contributed by atoms with E-state index in [1.54, 1.807) is 30.3 Å². The molecule has 0 aliphatic carbocycles. The summed E-state index contributed by atoms with van der Waals surface area (Å²) in [4.78, 5) is 38.6. The Labute approximate surface area is 185 Å². The molecule has 8 nitrogen and oxygen atoms in total. The van der Waals surface area contributed by atoms with Crippen molar-refractivity contribution >= 4 is 17.8 Å². The van der Waals surface area contributed by atoms with Crippen LogP contribution < -0.4 is 10.5 Å². The molecule has 168 valence electrons. The third-order valence-electron chi connectivity index (χ3n) is 5.13. The number of rotatable bonds is 4. The number of para-hydroxylation sites is 1. The Hall–Kier alpha value is -4.28. The maximum atomic E-state index is 13.5. The number of guanidine groups is 1. The SMILES string of the molecule is CN1C(=O)C(c2ccccc2)(c2cccc(-c3cncnc3)c2OC(=O)C(F)(F)F)N=C1N. The maximum Gasteiger partial charge on any atom is 0.491 e. The number of carbonyl (C=O) groups excluding carboxylic acids is 2. The van der Waals surface area contributed by atoms with E-state index in [4.69, 9.17) is 10.5 Å². The lowest BCUT2D eigenvalue weighted by Crippen LogP contribution is -2.41. The van der Waals surface area contributed by atoms with Gasteiger partial charge in [-0.25, -0.2) is 19.8 Å². The lowest BCUT2D eigenvalue weighted by atomic mass is 9.81. The van der Waals surface area contributed by atoms with Gasteiger partial charge in [-0.15, -0.1) is 0 Å². The second-order valence-corrected chi connectivity index (χ2v) is 7.11. The van der Waals surface area contributed by atoms with Gasteiger partial charge in [0.05, 0.1) is 0 Å². The summed E-state index contributed by atoms with van der Waals surface area (Å²) in [7, 11) is 1.39. The standard InChI is InChI=1S/C22H16F3N5O3/c1-30-18(31)21(29-20(30)26,14-6-3-2-4-7-14)16-9-5-8-15(13-10-27-12-28-11-13)17(16)33-19(32)22(23,24)25/h2-12H,1H3,(H2,26,29). The number of alkyl halides is 3. The Bertz CT molecular complexity index is 1250. The first-order chi connectivity index (χ1) is 15.7. The molecule has 1 aliphatic rings. The lowest BCUT2D eigenvalue weighted by Gasteiger charge is -2.28. The molecule has 2 heterocycles. The smallest absolute Gasteiger partial charge is 0.419 e. The molecule has 0 radical (unpaired) electrons. The van der Waals surface area contributed by atoms with E-state index in [1.165, 1.54) is 44.0 Å². The number of benzene rings is 2. The topological polar surface area (TPSA) is 111 Å². The van der Waals surface area contributed by atoms with Gasteiger partial charge in [0.25, 0.3) is 5.91 Å². The Morgan fingerprint density at radius 1 is 1.06 bits per heavy atom. The summed E-state index contributed by atoms with van der Waals surface area (Å²) in [6, 6.07) is 12.5. The number of esters is 1. The zero-order chi connectivity index (χ0) is 23.8. The molecular formula is C22H16F3N5O3. The molecule has 1 amide bonds. The van der Waals surface area contributed by atoms with Crippen molar-refractivity contribution in [1.82, 2.24) is 14.9 Å². The fourth-order valence-electron chi connectivity index (χ4n) is 3.59. The van der Waals surface area contributed by atoms with Crippen molar-refractivity contribution < 1.29 is 27.5 Å². The summed E-state index contributed by atoms with van der Waals surface area (Å²) in [5.41, 5.74) is 4.62. The molecule has 1 aliphatic heterocycles. The fraction of sp³-hybridized carbons (Fsp3) is 0.136. The van der Waals surface area contributed by atoms with E-state index >= 15 is 0 Å². The predicted octanol–water partition coefficient (Wildman–Crippen LogP) is 2.64. The van der Waals surface area contributed by atoms with Crippen LogP contribution >= 0.6 is 0 Å². The number of ether oxygens (including phenoxy) is 1. The van der Waals surface area contributed by atoms with Gasteiger partial charge in [0, 0.05) is 36.1 Å². The molecule has 1 atom stereocenters. The Balaban J connectivity index is 2.05. The number of aliphatic imine (C=N–C) groups is 1. The summed E-state index contributed by atoms with van der Waals surface area (Å²) in [6.45, 7) is 0. The average molecular weight is 455 g/mol. The van der Waals surface area contributed by atoms with Crippen molar-refractivity contribution in [3.63, 3.8) is 0 Å². The molecule has 0 saturated heterocycles. The second-order valence-electron chi connectivity index (χ2n) is 7.11. The molecule has 2 aromatic carbocycles. The number of likely N-dealkylation sites (N-methyl/N-ethyl adjacent to an activating group) is 1. The first-order valence-corrected chi connectivity index (χ1v) is 9.53. The van der Waals surface area contributed by atoms with Gasteiger partial charge in [0.1, 0.15) is 12.1 Å². The van der Waals surface area contributed by atoms with Crippen LogP contribution in [-0.4, -0.2) is 45.9 Å². The van der Waals surface area contributed by atoms with Crippen molar-refractivity contribution in [1.29, 1.82) is 0 Å². The van der Waals surface area contributed by atoms with E-state index in [-0.39, 0.29) is 22.6 Å². The van der Waals surface area contributed by atoms with Gasteiger partial charge in [-0.3, -0.25) is 9.69 Å². The van der Waals surface area contributed by atoms with E-state index in [9.17, 15) is 22.8 Å². The summed E-state index contributed by atoms with van der Waals surface area (Å²) in [5.74, 6) is -3.73. The monoisotopic (exact) mass is 455 g/mol. The highest BCUT2D eigenvalue weighted by atomic mass is 19.4. The third-order valence-corrected chi connectivity index (χ3v) is 5.13. The third kappa shape index (κ3) is 3.67. The minimum absolute atomic E-state index is 0.0668. The van der Waals surface area contributed by atoms with Gasteiger partial charge >= 0.3 is 12.1 Å². The Kier molecular flexibility index (Phi) is 5.32. The molecule has 2 N–H and O–H groups in total. The minimum Gasteiger partial charge on any atom is -0.419 e. The van der Waals surface area contributed by atoms with Gasteiger partial charge in [0.2, 0.25) is 0 Å². The summed E-state index contributed by atoms with van der Waals surface area (Å²) >= 11 is 0. The van der Waals surface area contributed by atoms with Gasteiger partial charge in [-0.05, 0) is 5.56 Å². The molecule has 0 spiro atoms. The molecule has 11 heteroatoms. The minimum atomic E-state index is -5.28. The predicted molar refractivity (Wildman–Crippen MR) is 111 cm³/mol.